The van der Waals surface area contributed by atoms with Crippen molar-refractivity contribution in [3.8, 4) is 0 Å². The highest BCUT2D eigenvalue weighted by molar-refractivity contribution is 6.03. The van der Waals surface area contributed by atoms with E-state index in [9.17, 15) is 4.79 Å². The van der Waals surface area contributed by atoms with Gasteiger partial charge in [-0.25, -0.2) is 0 Å². The van der Waals surface area contributed by atoms with Crippen LogP contribution in [-0.2, 0) is 0 Å². The summed E-state index contributed by atoms with van der Waals surface area (Å²) in [5, 5.41) is 8.20. The number of aliphatic hydroxyl groups is 1. The predicted octanol–water partition coefficient (Wildman–Crippen LogP) is 1.53. The first-order chi connectivity index (χ1) is 4.84. The van der Waals surface area contributed by atoms with Crippen LogP contribution >= 0.6 is 0 Å². The second-order valence-electron chi connectivity index (χ2n) is 1.69. The van der Waals surface area contributed by atoms with Crippen LogP contribution in [-0.4, -0.2) is 10.9 Å². The lowest BCUT2D eigenvalue weighted by Gasteiger charge is -1.82. The van der Waals surface area contributed by atoms with Crippen molar-refractivity contribution in [1.29, 1.82) is 0 Å². The van der Waals surface area contributed by atoms with Crippen molar-refractivity contribution in [2.24, 2.45) is 0 Å². The molecule has 0 saturated heterocycles. The molecule has 1 N–H and O–H groups in total. The van der Waals surface area contributed by atoms with Gasteiger partial charge in [-0.15, -0.1) is 0 Å². The first kappa shape index (κ1) is 6.61. The van der Waals surface area contributed by atoms with Crippen LogP contribution in [0.15, 0.2) is 35.3 Å². The molecule has 1 heterocycles. The molecule has 0 unspecified atom stereocenters. The Morgan fingerprint density at radius 1 is 1.70 bits per heavy atom. The minimum atomic E-state index is -0.267. The van der Waals surface area contributed by atoms with E-state index in [1.807, 2.05) is 0 Å². The molecule has 0 aromatic carbocycles. The predicted molar refractivity (Wildman–Crippen MR) is 34.8 cm³/mol. The number of aliphatic hydroxyl groups excluding tert-OH is 1. The Kier molecular flexibility index (Phi) is 1.89. The van der Waals surface area contributed by atoms with Crippen molar-refractivity contribution in [3.63, 3.8) is 0 Å². The number of carbonyl (C=O) groups is 1. The summed E-state index contributed by atoms with van der Waals surface area (Å²) in [7, 11) is 0. The lowest BCUT2D eigenvalue weighted by molar-refractivity contribution is 0.104. The van der Waals surface area contributed by atoms with Crippen LogP contribution in [0, 0.1) is 0 Å². The van der Waals surface area contributed by atoms with Crippen molar-refractivity contribution in [1.82, 2.24) is 0 Å². The summed E-state index contributed by atoms with van der Waals surface area (Å²) in [4.78, 5) is 10.8. The molecule has 0 aliphatic heterocycles. The Balaban J connectivity index is 2.78. The average Bonchev–Trinajstić information content (AvgIpc) is 2.38. The average molecular weight is 138 g/mol. The van der Waals surface area contributed by atoms with E-state index in [4.69, 9.17) is 5.11 Å². The largest absolute Gasteiger partial charge is 0.515 e. The molecular formula is C7H6O3. The van der Waals surface area contributed by atoms with Crippen LogP contribution in [0.5, 0.6) is 0 Å². The molecule has 52 valence electrons. The maximum absolute atomic E-state index is 10.8. The van der Waals surface area contributed by atoms with Crippen LogP contribution in [0.2, 0.25) is 0 Å². The number of furan rings is 1. The molecule has 0 radical (unpaired) electrons. The van der Waals surface area contributed by atoms with Gasteiger partial charge in [-0.3, -0.25) is 4.79 Å². The minimum Gasteiger partial charge on any atom is -0.515 e. The van der Waals surface area contributed by atoms with Crippen LogP contribution < -0.4 is 0 Å². The smallest absolute Gasteiger partial charge is 0.192 e. The zero-order chi connectivity index (χ0) is 7.40. The monoisotopic (exact) mass is 138 g/mol. The third-order valence-corrected chi connectivity index (χ3v) is 1.03. The van der Waals surface area contributed by atoms with Gasteiger partial charge in [0.25, 0.3) is 0 Å². The zero-order valence-corrected chi connectivity index (χ0v) is 5.15. The number of ketones is 1. The van der Waals surface area contributed by atoms with Gasteiger partial charge in [0.2, 0.25) is 0 Å². The molecule has 0 aliphatic rings. The number of rotatable bonds is 2. The van der Waals surface area contributed by atoms with Crippen molar-refractivity contribution < 1.29 is 14.3 Å². The number of carbonyl (C=O) groups excluding carboxylic acids is 1. The van der Waals surface area contributed by atoms with Gasteiger partial charge in [0.05, 0.1) is 18.1 Å². The molecule has 0 aliphatic carbocycles. The molecule has 0 spiro atoms. The van der Waals surface area contributed by atoms with E-state index in [1.165, 1.54) is 18.6 Å². The van der Waals surface area contributed by atoms with Crippen molar-refractivity contribution in [3.05, 3.63) is 36.5 Å². The second-order valence-corrected chi connectivity index (χ2v) is 1.69. The van der Waals surface area contributed by atoms with Crippen molar-refractivity contribution in [2.45, 2.75) is 0 Å². The summed E-state index contributed by atoms with van der Waals surface area (Å²) in [6, 6.07) is 1.53. The highest BCUT2D eigenvalue weighted by atomic mass is 16.3. The molecule has 0 atom stereocenters. The first-order valence-electron chi connectivity index (χ1n) is 2.72. The molecule has 3 heteroatoms. The third-order valence-electron chi connectivity index (χ3n) is 1.03. The summed E-state index contributed by atoms with van der Waals surface area (Å²) in [5.74, 6) is -0.267. The fourth-order valence-electron chi connectivity index (χ4n) is 0.569. The Morgan fingerprint density at radius 3 is 3.00 bits per heavy atom. The van der Waals surface area contributed by atoms with Gasteiger partial charge in [-0.05, 0) is 6.07 Å². The summed E-state index contributed by atoms with van der Waals surface area (Å²) >= 11 is 0. The minimum absolute atomic E-state index is 0.267. The molecule has 10 heavy (non-hydrogen) atoms. The molecule has 0 fully saturated rings. The Hall–Kier alpha value is -1.51. The molecule has 0 bridgehead atoms. The van der Waals surface area contributed by atoms with Crippen LogP contribution in [0.1, 0.15) is 10.4 Å². The highest BCUT2D eigenvalue weighted by Gasteiger charge is 2.00. The fraction of sp³-hybridized carbons (Fsp3) is 0. The lowest BCUT2D eigenvalue weighted by atomic mass is 10.2. The molecule has 1 aromatic rings. The van der Waals surface area contributed by atoms with Crippen LogP contribution in [0.3, 0.4) is 0 Å². The number of allylic oxidation sites excluding steroid dienone is 1. The Morgan fingerprint density at radius 2 is 2.50 bits per heavy atom. The molecule has 0 amide bonds. The van der Waals surface area contributed by atoms with Gasteiger partial charge >= 0.3 is 0 Å². The molecule has 3 nitrogen and oxygen atoms in total. The summed E-state index contributed by atoms with van der Waals surface area (Å²) < 4.78 is 4.65. The van der Waals surface area contributed by atoms with Crippen molar-refractivity contribution in [2.75, 3.05) is 0 Å². The summed E-state index contributed by atoms with van der Waals surface area (Å²) in [5.41, 5.74) is 0.435. The number of hydrogen-bond donors (Lipinski definition) is 1. The van der Waals surface area contributed by atoms with Gasteiger partial charge in [-0.1, -0.05) is 0 Å². The molecule has 1 rings (SSSR count). The van der Waals surface area contributed by atoms with Crippen LogP contribution in [0.4, 0.5) is 0 Å². The van der Waals surface area contributed by atoms with E-state index < -0.39 is 0 Å². The lowest BCUT2D eigenvalue weighted by Crippen LogP contribution is -1.89. The van der Waals surface area contributed by atoms with Gasteiger partial charge in [-0.2, -0.15) is 0 Å². The standard InChI is InChI=1S/C7H6O3/c8-3-1-7(9)6-2-4-10-5-6/h1-5,8H. The van der Waals surface area contributed by atoms with Crippen molar-refractivity contribution >= 4 is 5.78 Å². The summed E-state index contributed by atoms with van der Waals surface area (Å²) in [6.07, 6.45) is 4.49. The SMILES string of the molecule is O=C(C=CO)c1ccoc1. The maximum atomic E-state index is 10.8. The van der Waals surface area contributed by atoms with E-state index in [1.54, 1.807) is 0 Å². The normalized spacial score (nSPS) is 10.4. The second kappa shape index (κ2) is 2.87. The first-order valence-corrected chi connectivity index (χ1v) is 2.72. The third kappa shape index (κ3) is 1.25. The van der Waals surface area contributed by atoms with E-state index in [0.29, 0.717) is 11.8 Å². The summed E-state index contributed by atoms with van der Waals surface area (Å²) in [6.45, 7) is 0. The van der Waals surface area contributed by atoms with Gasteiger partial charge in [0.1, 0.15) is 6.26 Å². The van der Waals surface area contributed by atoms with Crippen LogP contribution in [0.25, 0.3) is 0 Å². The van der Waals surface area contributed by atoms with E-state index in [2.05, 4.69) is 4.42 Å². The zero-order valence-electron chi connectivity index (χ0n) is 5.15. The quantitative estimate of drug-likeness (QED) is 0.383. The van der Waals surface area contributed by atoms with Gasteiger partial charge < -0.3 is 9.52 Å². The van der Waals surface area contributed by atoms with E-state index in [-0.39, 0.29) is 5.78 Å². The topological polar surface area (TPSA) is 50.4 Å². The van der Waals surface area contributed by atoms with E-state index >= 15 is 0 Å². The fourth-order valence-corrected chi connectivity index (χ4v) is 0.569. The molecule has 0 saturated carbocycles. The molecular weight excluding hydrogens is 132 g/mol. The highest BCUT2D eigenvalue weighted by Crippen LogP contribution is 2.00. The maximum Gasteiger partial charge on any atom is 0.192 e. The number of hydrogen-bond acceptors (Lipinski definition) is 3. The molecule has 1 aromatic heterocycles. The Labute approximate surface area is 57.6 Å². The van der Waals surface area contributed by atoms with Gasteiger partial charge in [0.15, 0.2) is 5.78 Å². The Bertz CT molecular complexity index is 233. The van der Waals surface area contributed by atoms with Gasteiger partial charge in [0, 0.05) is 6.08 Å². The van der Waals surface area contributed by atoms with E-state index in [0.717, 1.165) is 6.08 Å².